The molecule has 0 fully saturated rings. The summed E-state index contributed by atoms with van der Waals surface area (Å²) in [6.45, 7) is 0.448. The molecule has 0 saturated heterocycles. The van der Waals surface area contributed by atoms with Gasteiger partial charge in [-0.15, -0.1) is 0 Å². The Morgan fingerprint density at radius 1 is 1.45 bits per heavy atom. The second-order valence-corrected chi connectivity index (χ2v) is 6.35. The zero-order valence-corrected chi connectivity index (χ0v) is 12.9. The molecular formula is C16H18N2O3S. The third-order valence-corrected chi connectivity index (χ3v) is 4.84. The van der Waals surface area contributed by atoms with Crippen LogP contribution in [0.2, 0.25) is 0 Å². The van der Waals surface area contributed by atoms with Crippen LogP contribution in [-0.2, 0) is 6.42 Å². The molecule has 0 amide bonds. The second kappa shape index (κ2) is 6.56. The maximum Gasteiger partial charge on any atom is 0.269 e. The number of rotatable bonds is 5. The number of nitrogens with zero attached hydrogens (tertiary/aromatic N) is 1. The monoisotopic (exact) mass is 318 g/mol. The van der Waals surface area contributed by atoms with Crippen LogP contribution >= 0.6 is 11.3 Å². The number of nitro groups is 1. The van der Waals surface area contributed by atoms with Crippen molar-refractivity contribution >= 4 is 17.0 Å². The van der Waals surface area contributed by atoms with Crippen LogP contribution in [0.25, 0.3) is 0 Å². The Hall–Kier alpha value is -1.76. The predicted octanol–water partition coefficient (Wildman–Crippen LogP) is 3.36. The highest BCUT2D eigenvalue weighted by atomic mass is 32.1. The number of aryl methyl sites for hydroxylation is 1. The number of thiophene rings is 1. The van der Waals surface area contributed by atoms with Crippen LogP contribution in [0.4, 0.5) is 5.69 Å². The number of nitrogens with one attached hydrogen (secondary N) is 1. The summed E-state index contributed by atoms with van der Waals surface area (Å²) in [5, 5.41) is 28.4. The van der Waals surface area contributed by atoms with Gasteiger partial charge in [-0.3, -0.25) is 10.1 Å². The van der Waals surface area contributed by atoms with Crippen molar-refractivity contribution in [1.29, 1.82) is 0 Å². The maximum atomic E-state index is 11.0. The molecule has 2 atom stereocenters. The molecule has 0 unspecified atom stereocenters. The SMILES string of the molecule is O=[N+]([O-])c1ccc2c(c1)[C@@H](NC[C@@H](O)c1ccsc1)CCC2. The fourth-order valence-corrected chi connectivity index (χ4v) is 3.66. The summed E-state index contributed by atoms with van der Waals surface area (Å²) in [5.41, 5.74) is 3.20. The number of fused-ring (bicyclic) bond motifs is 1. The van der Waals surface area contributed by atoms with Gasteiger partial charge in [-0.1, -0.05) is 6.07 Å². The van der Waals surface area contributed by atoms with Gasteiger partial charge in [0.05, 0.1) is 11.0 Å². The van der Waals surface area contributed by atoms with Crippen molar-refractivity contribution < 1.29 is 10.0 Å². The first-order valence-electron chi connectivity index (χ1n) is 7.36. The number of benzene rings is 1. The first kappa shape index (κ1) is 15.1. The predicted molar refractivity (Wildman–Crippen MR) is 86.1 cm³/mol. The average Bonchev–Trinajstić information content (AvgIpc) is 3.06. The number of aliphatic hydroxyl groups excluding tert-OH is 1. The topological polar surface area (TPSA) is 75.4 Å². The Morgan fingerprint density at radius 3 is 3.05 bits per heavy atom. The lowest BCUT2D eigenvalue weighted by atomic mass is 9.87. The van der Waals surface area contributed by atoms with E-state index in [1.165, 1.54) is 5.56 Å². The first-order chi connectivity index (χ1) is 10.6. The molecule has 1 heterocycles. The molecule has 5 nitrogen and oxygen atoms in total. The molecule has 0 saturated carbocycles. The molecule has 1 aliphatic carbocycles. The lowest BCUT2D eigenvalue weighted by molar-refractivity contribution is -0.385. The highest BCUT2D eigenvalue weighted by Crippen LogP contribution is 2.32. The number of aliphatic hydroxyl groups is 1. The van der Waals surface area contributed by atoms with Gasteiger partial charge >= 0.3 is 0 Å². The normalized spacial score (nSPS) is 18.7. The van der Waals surface area contributed by atoms with E-state index in [1.54, 1.807) is 23.5 Å². The van der Waals surface area contributed by atoms with Crippen molar-refractivity contribution in [3.8, 4) is 0 Å². The van der Waals surface area contributed by atoms with E-state index in [0.29, 0.717) is 6.54 Å². The van der Waals surface area contributed by atoms with Crippen LogP contribution in [0.15, 0.2) is 35.0 Å². The molecule has 22 heavy (non-hydrogen) atoms. The van der Waals surface area contributed by atoms with Crippen LogP contribution in [0, 0.1) is 10.1 Å². The Kier molecular flexibility index (Phi) is 4.52. The van der Waals surface area contributed by atoms with Gasteiger partial charge in [-0.2, -0.15) is 11.3 Å². The van der Waals surface area contributed by atoms with Crippen LogP contribution in [-0.4, -0.2) is 16.6 Å². The molecule has 1 aliphatic rings. The number of nitro benzene ring substituents is 1. The molecule has 6 heteroatoms. The summed E-state index contributed by atoms with van der Waals surface area (Å²) in [7, 11) is 0. The molecule has 116 valence electrons. The highest BCUT2D eigenvalue weighted by Gasteiger charge is 2.23. The molecule has 0 radical (unpaired) electrons. The van der Waals surface area contributed by atoms with E-state index < -0.39 is 6.10 Å². The van der Waals surface area contributed by atoms with Crippen molar-refractivity contribution in [2.45, 2.75) is 31.4 Å². The highest BCUT2D eigenvalue weighted by molar-refractivity contribution is 7.07. The van der Waals surface area contributed by atoms with Crippen LogP contribution in [0.5, 0.6) is 0 Å². The van der Waals surface area contributed by atoms with Crippen molar-refractivity contribution in [2.75, 3.05) is 6.54 Å². The Labute approximate surface area is 132 Å². The Morgan fingerprint density at radius 2 is 2.32 bits per heavy atom. The summed E-state index contributed by atoms with van der Waals surface area (Å²) >= 11 is 1.56. The minimum absolute atomic E-state index is 0.0666. The van der Waals surface area contributed by atoms with E-state index in [9.17, 15) is 15.2 Å². The summed E-state index contributed by atoms with van der Waals surface area (Å²) in [5.74, 6) is 0. The van der Waals surface area contributed by atoms with E-state index in [-0.39, 0.29) is 16.7 Å². The minimum atomic E-state index is -0.546. The average molecular weight is 318 g/mol. The lowest BCUT2D eigenvalue weighted by Crippen LogP contribution is -2.29. The number of hydrogen-bond donors (Lipinski definition) is 2. The van der Waals surface area contributed by atoms with E-state index >= 15 is 0 Å². The summed E-state index contributed by atoms with van der Waals surface area (Å²) in [4.78, 5) is 10.6. The Bertz CT molecular complexity index is 657. The van der Waals surface area contributed by atoms with Crippen molar-refractivity contribution in [3.05, 3.63) is 61.8 Å². The fraction of sp³-hybridized carbons (Fsp3) is 0.375. The van der Waals surface area contributed by atoms with Crippen molar-refractivity contribution in [1.82, 2.24) is 5.32 Å². The maximum absolute atomic E-state index is 11.0. The van der Waals surface area contributed by atoms with E-state index in [1.807, 2.05) is 22.9 Å². The molecule has 0 spiro atoms. The van der Waals surface area contributed by atoms with Crippen LogP contribution < -0.4 is 5.32 Å². The first-order valence-corrected chi connectivity index (χ1v) is 8.30. The molecule has 0 bridgehead atoms. The van der Waals surface area contributed by atoms with E-state index in [0.717, 1.165) is 30.4 Å². The zero-order valence-electron chi connectivity index (χ0n) is 12.1. The largest absolute Gasteiger partial charge is 0.387 e. The molecule has 2 aromatic rings. The van der Waals surface area contributed by atoms with Gasteiger partial charge in [-0.25, -0.2) is 0 Å². The van der Waals surface area contributed by atoms with Crippen molar-refractivity contribution in [2.24, 2.45) is 0 Å². The molecule has 2 N–H and O–H groups in total. The van der Waals surface area contributed by atoms with Gasteiger partial charge in [-0.05, 0) is 52.8 Å². The number of hydrogen-bond acceptors (Lipinski definition) is 5. The third kappa shape index (κ3) is 3.19. The quantitative estimate of drug-likeness (QED) is 0.655. The third-order valence-electron chi connectivity index (χ3n) is 4.14. The van der Waals surface area contributed by atoms with E-state index in [2.05, 4.69) is 5.32 Å². The smallest absolute Gasteiger partial charge is 0.269 e. The molecule has 1 aromatic carbocycles. The van der Waals surface area contributed by atoms with Gasteiger partial charge in [0, 0.05) is 24.7 Å². The molecular weight excluding hydrogens is 300 g/mol. The van der Waals surface area contributed by atoms with Crippen LogP contribution in [0.3, 0.4) is 0 Å². The molecule has 3 rings (SSSR count). The summed E-state index contributed by atoms with van der Waals surface area (Å²) in [6, 6.07) is 7.08. The van der Waals surface area contributed by atoms with Gasteiger partial charge < -0.3 is 10.4 Å². The molecule has 0 aliphatic heterocycles. The summed E-state index contributed by atoms with van der Waals surface area (Å²) < 4.78 is 0. The van der Waals surface area contributed by atoms with Crippen LogP contribution in [0.1, 0.15) is 41.7 Å². The Balaban J connectivity index is 1.73. The van der Waals surface area contributed by atoms with Gasteiger partial charge in [0.1, 0.15) is 0 Å². The minimum Gasteiger partial charge on any atom is -0.387 e. The zero-order chi connectivity index (χ0) is 15.5. The fourth-order valence-electron chi connectivity index (χ4n) is 2.95. The molecule has 1 aromatic heterocycles. The second-order valence-electron chi connectivity index (χ2n) is 5.57. The van der Waals surface area contributed by atoms with E-state index in [4.69, 9.17) is 0 Å². The summed E-state index contributed by atoms with van der Waals surface area (Å²) in [6.07, 6.45) is 2.40. The standard InChI is InChI=1S/C16H18N2O3S/c19-16(12-6-7-22-10-12)9-17-15-3-1-2-11-4-5-13(18(20)21)8-14(11)15/h4-8,10,15-17,19H,1-3,9H2/t15-,16+/m0/s1. The number of non-ortho nitro benzene ring substituents is 1. The van der Waals surface area contributed by atoms with Gasteiger partial charge in [0.2, 0.25) is 0 Å². The lowest BCUT2D eigenvalue weighted by Gasteiger charge is -2.27. The van der Waals surface area contributed by atoms with Gasteiger partial charge in [0.25, 0.3) is 5.69 Å². The van der Waals surface area contributed by atoms with Crippen molar-refractivity contribution in [3.63, 3.8) is 0 Å². The van der Waals surface area contributed by atoms with Gasteiger partial charge in [0.15, 0.2) is 0 Å².